The molecule has 0 radical (unpaired) electrons. The van der Waals surface area contributed by atoms with E-state index in [4.69, 9.17) is 9.47 Å². The van der Waals surface area contributed by atoms with Crippen LogP contribution in [0.3, 0.4) is 0 Å². The van der Waals surface area contributed by atoms with Crippen molar-refractivity contribution in [3.05, 3.63) is 0 Å². The highest BCUT2D eigenvalue weighted by atomic mass is 16.5. The quantitative estimate of drug-likeness (QED) is 0.756. The Morgan fingerprint density at radius 1 is 1.24 bits per heavy atom. The van der Waals surface area contributed by atoms with E-state index >= 15 is 0 Å². The van der Waals surface area contributed by atoms with Gasteiger partial charge < -0.3 is 25.0 Å². The average Bonchev–Trinajstić information content (AvgIpc) is 2.55. The Labute approximate surface area is 125 Å². The fraction of sp³-hybridized carbons (Fsp3) is 0.769. The second-order valence-corrected chi connectivity index (χ2v) is 4.84. The molecule has 1 aromatic heterocycles. The van der Waals surface area contributed by atoms with Gasteiger partial charge in [0.1, 0.15) is 0 Å². The van der Waals surface area contributed by atoms with Crippen LogP contribution in [0.4, 0.5) is 17.8 Å². The van der Waals surface area contributed by atoms with Gasteiger partial charge in [-0.15, -0.1) is 0 Å². The maximum absolute atomic E-state index is 5.36. The first-order valence-electron chi connectivity index (χ1n) is 7.28. The number of anilines is 3. The van der Waals surface area contributed by atoms with Crippen molar-refractivity contribution in [2.45, 2.75) is 19.4 Å². The fourth-order valence-electron chi connectivity index (χ4n) is 2.09. The van der Waals surface area contributed by atoms with Crippen molar-refractivity contribution in [3.63, 3.8) is 0 Å². The second-order valence-electron chi connectivity index (χ2n) is 4.84. The van der Waals surface area contributed by atoms with Crippen LogP contribution in [-0.4, -0.2) is 68.1 Å². The van der Waals surface area contributed by atoms with E-state index in [1.807, 2.05) is 0 Å². The van der Waals surface area contributed by atoms with Crippen LogP contribution in [0.1, 0.15) is 13.3 Å². The highest BCUT2D eigenvalue weighted by Crippen LogP contribution is 2.15. The number of hydrogen-bond donors (Lipinski definition) is 2. The largest absolute Gasteiger partial charge is 0.383 e. The zero-order valence-electron chi connectivity index (χ0n) is 12.9. The molecule has 2 rings (SSSR count). The van der Waals surface area contributed by atoms with Crippen LogP contribution in [0.25, 0.3) is 0 Å². The molecule has 21 heavy (non-hydrogen) atoms. The van der Waals surface area contributed by atoms with Crippen LogP contribution < -0.4 is 15.5 Å². The Morgan fingerprint density at radius 2 is 1.95 bits per heavy atom. The second kappa shape index (κ2) is 7.94. The van der Waals surface area contributed by atoms with Gasteiger partial charge >= 0.3 is 0 Å². The lowest BCUT2D eigenvalue weighted by Gasteiger charge is -2.27. The highest BCUT2D eigenvalue weighted by molar-refractivity contribution is 5.44. The zero-order chi connectivity index (χ0) is 15.1. The van der Waals surface area contributed by atoms with Crippen molar-refractivity contribution in [2.24, 2.45) is 0 Å². The molecule has 1 fully saturated rings. The maximum atomic E-state index is 5.36. The van der Waals surface area contributed by atoms with Gasteiger partial charge in [0.05, 0.1) is 25.9 Å². The summed E-state index contributed by atoms with van der Waals surface area (Å²) in [4.78, 5) is 15.4. The monoisotopic (exact) mass is 296 g/mol. The lowest BCUT2D eigenvalue weighted by molar-refractivity contribution is 0.122. The van der Waals surface area contributed by atoms with Crippen LogP contribution in [0.2, 0.25) is 0 Å². The van der Waals surface area contributed by atoms with E-state index < -0.39 is 0 Å². The number of methoxy groups -OCH3 is 1. The predicted octanol–water partition coefficient (Wildman–Crippen LogP) is 0.587. The molecule has 0 aromatic carbocycles. The van der Waals surface area contributed by atoms with Crippen molar-refractivity contribution in [1.82, 2.24) is 15.0 Å². The van der Waals surface area contributed by atoms with Gasteiger partial charge in [-0.05, 0) is 6.42 Å². The highest BCUT2D eigenvalue weighted by Gasteiger charge is 2.17. The summed E-state index contributed by atoms with van der Waals surface area (Å²) in [7, 11) is 3.49. The van der Waals surface area contributed by atoms with E-state index in [0.717, 1.165) is 19.5 Å². The van der Waals surface area contributed by atoms with Crippen LogP contribution in [-0.2, 0) is 9.47 Å². The molecule has 0 saturated carbocycles. The number of nitrogens with zero attached hydrogens (tertiary/aromatic N) is 4. The molecule has 8 nitrogen and oxygen atoms in total. The number of morpholine rings is 1. The minimum atomic E-state index is 0.180. The number of ether oxygens (including phenoxy) is 2. The standard InChI is InChI=1S/C13H24N6O2/c1-4-10(9-20-3)15-12-16-11(14-2)17-13(18-12)19-5-7-21-8-6-19/h10H,4-9H2,1-3H3,(H2,14,15,16,17,18). The summed E-state index contributed by atoms with van der Waals surface area (Å²) >= 11 is 0. The van der Waals surface area contributed by atoms with Gasteiger partial charge in [-0.25, -0.2) is 0 Å². The molecule has 8 heteroatoms. The molecule has 0 amide bonds. The van der Waals surface area contributed by atoms with Gasteiger partial charge in [0.2, 0.25) is 17.8 Å². The van der Waals surface area contributed by atoms with E-state index in [1.165, 1.54) is 0 Å². The molecule has 0 spiro atoms. The Hall–Kier alpha value is -1.67. The molecule has 2 heterocycles. The number of nitrogens with one attached hydrogen (secondary N) is 2. The summed E-state index contributed by atoms with van der Waals surface area (Å²) in [5.41, 5.74) is 0. The molecule has 0 aliphatic carbocycles. The van der Waals surface area contributed by atoms with Crippen molar-refractivity contribution >= 4 is 17.8 Å². The fourth-order valence-corrected chi connectivity index (χ4v) is 2.09. The van der Waals surface area contributed by atoms with E-state index in [0.29, 0.717) is 37.7 Å². The SMILES string of the molecule is CCC(COC)Nc1nc(NC)nc(N2CCOCC2)n1. The molecule has 2 N–H and O–H groups in total. The van der Waals surface area contributed by atoms with Crippen LogP contribution >= 0.6 is 0 Å². The normalized spacial score (nSPS) is 16.6. The molecule has 1 aromatic rings. The molecular weight excluding hydrogens is 272 g/mol. The summed E-state index contributed by atoms with van der Waals surface area (Å²) in [5.74, 6) is 1.80. The first-order valence-corrected chi connectivity index (χ1v) is 7.28. The number of rotatable bonds is 7. The Kier molecular flexibility index (Phi) is 5.94. The summed E-state index contributed by atoms with van der Waals surface area (Å²) in [6.45, 7) is 5.70. The minimum absolute atomic E-state index is 0.180. The molecule has 0 bridgehead atoms. The van der Waals surface area contributed by atoms with Gasteiger partial charge in [-0.1, -0.05) is 6.92 Å². The topological polar surface area (TPSA) is 84.4 Å². The lowest BCUT2D eigenvalue weighted by Crippen LogP contribution is -2.37. The molecule has 1 aliphatic heterocycles. The minimum Gasteiger partial charge on any atom is -0.383 e. The number of hydrogen-bond acceptors (Lipinski definition) is 8. The smallest absolute Gasteiger partial charge is 0.232 e. The van der Waals surface area contributed by atoms with Crippen molar-refractivity contribution < 1.29 is 9.47 Å². The van der Waals surface area contributed by atoms with Crippen LogP contribution in [0.5, 0.6) is 0 Å². The van der Waals surface area contributed by atoms with Gasteiger partial charge in [-0.2, -0.15) is 15.0 Å². The van der Waals surface area contributed by atoms with Crippen molar-refractivity contribution in [3.8, 4) is 0 Å². The number of aromatic nitrogens is 3. The van der Waals surface area contributed by atoms with Gasteiger partial charge in [-0.3, -0.25) is 0 Å². The van der Waals surface area contributed by atoms with E-state index in [1.54, 1.807) is 14.2 Å². The third kappa shape index (κ3) is 4.40. The third-order valence-electron chi connectivity index (χ3n) is 3.34. The molecule has 1 aliphatic rings. The summed E-state index contributed by atoms with van der Waals surface area (Å²) in [6, 6.07) is 0.180. The molecular formula is C13H24N6O2. The van der Waals surface area contributed by atoms with E-state index in [9.17, 15) is 0 Å². The van der Waals surface area contributed by atoms with Gasteiger partial charge in [0, 0.05) is 27.2 Å². The van der Waals surface area contributed by atoms with Crippen LogP contribution in [0.15, 0.2) is 0 Å². The van der Waals surface area contributed by atoms with Crippen LogP contribution in [0, 0.1) is 0 Å². The summed E-state index contributed by atoms with van der Waals surface area (Å²) < 4.78 is 10.6. The van der Waals surface area contributed by atoms with Crippen molar-refractivity contribution in [2.75, 3.05) is 62.6 Å². The predicted molar refractivity (Wildman–Crippen MR) is 82.0 cm³/mol. The zero-order valence-corrected chi connectivity index (χ0v) is 12.9. The lowest BCUT2D eigenvalue weighted by atomic mass is 10.2. The Balaban J connectivity index is 2.16. The first-order chi connectivity index (χ1) is 10.3. The van der Waals surface area contributed by atoms with Crippen molar-refractivity contribution in [1.29, 1.82) is 0 Å². The molecule has 1 atom stereocenters. The van der Waals surface area contributed by atoms with E-state index in [2.05, 4.69) is 37.4 Å². The average molecular weight is 296 g/mol. The summed E-state index contributed by atoms with van der Waals surface area (Å²) in [6.07, 6.45) is 0.932. The molecule has 118 valence electrons. The molecule has 1 saturated heterocycles. The Bertz CT molecular complexity index is 439. The first kappa shape index (κ1) is 15.7. The van der Waals surface area contributed by atoms with Gasteiger partial charge in [0.15, 0.2) is 0 Å². The van der Waals surface area contributed by atoms with Gasteiger partial charge in [0.25, 0.3) is 0 Å². The third-order valence-corrected chi connectivity index (χ3v) is 3.34. The van der Waals surface area contributed by atoms with E-state index in [-0.39, 0.29) is 6.04 Å². The maximum Gasteiger partial charge on any atom is 0.232 e. The summed E-state index contributed by atoms with van der Waals surface area (Å²) in [5, 5.41) is 6.28. The molecule has 1 unspecified atom stereocenters. The Morgan fingerprint density at radius 3 is 2.57 bits per heavy atom.